The van der Waals surface area contributed by atoms with Crippen LogP contribution in [0, 0.1) is 0 Å². The van der Waals surface area contributed by atoms with E-state index in [4.69, 9.17) is 5.73 Å². The van der Waals surface area contributed by atoms with Crippen LogP contribution in [0.5, 0.6) is 0 Å². The SMILES string of the molecule is NC(CC1CCCc2ccccc21)c1ncn[nH]1. The minimum atomic E-state index is -0.0522. The molecule has 4 heteroatoms. The first-order chi connectivity index (χ1) is 8.84. The Hall–Kier alpha value is -1.68. The van der Waals surface area contributed by atoms with Gasteiger partial charge in [0.1, 0.15) is 12.2 Å². The summed E-state index contributed by atoms with van der Waals surface area (Å²) in [6.45, 7) is 0. The van der Waals surface area contributed by atoms with Crippen molar-refractivity contribution in [2.24, 2.45) is 5.73 Å². The van der Waals surface area contributed by atoms with Gasteiger partial charge in [0, 0.05) is 0 Å². The molecule has 1 aromatic heterocycles. The molecule has 1 aliphatic rings. The van der Waals surface area contributed by atoms with Crippen LogP contribution in [0.2, 0.25) is 0 Å². The summed E-state index contributed by atoms with van der Waals surface area (Å²) in [4.78, 5) is 4.15. The fraction of sp³-hybridized carbons (Fsp3) is 0.429. The van der Waals surface area contributed by atoms with Gasteiger partial charge in [-0.25, -0.2) is 4.98 Å². The molecular weight excluding hydrogens is 224 g/mol. The van der Waals surface area contributed by atoms with Crippen molar-refractivity contribution in [3.05, 3.63) is 47.5 Å². The second kappa shape index (κ2) is 4.90. The number of rotatable bonds is 3. The van der Waals surface area contributed by atoms with Gasteiger partial charge in [0.15, 0.2) is 0 Å². The molecule has 0 radical (unpaired) electrons. The molecule has 1 heterocycles. The molecule has 0 amide bonds. The van der Waals surface area contributed by atoms with E-state index < -0.39 is 0 Å². The Morgan fingerprint density at radius 2 is 2.28 bits per heavy atom. The number of hydrogen-bond donors (Lipinski definition) is 2. The molecule has 0 spiro atoms. The topological polar surface area (TPSA) is 67.6 Å². The van der Waals surface area contributed by atoms with E-state index in [2.05, 4.69) is 39.4 Å². The quantitative estimate of drug-likeness (QED) is 0.868. The second-order valence-electron chi connectivity index (χ2n) is 5.00. The molecule has 0 fully saturated rings. The van der Waals surface area contributed by atoms with E-state index in [0.717, 1.165) is 12.2 Å². The van der Waals surface area contributed by atoms with Gasteiger partial charge in [-0.2, -0.15) is 5.10 Å². The molecule has 3 N–H and O–H groups in total. The number of nitrogens with one attached hydrogen (secondary N) is 1. The highest BCUT2D eigenvalue weighted by molar-refractivity contribution is 5.32. The smallest absolute Gasteiger partial charge is 0.141 e. The number of hydrogen-bond acceptors (Lipinski definition) is 3. The largest absolute Gasteiger partial charge is 0.321 e. The number of fused-ring (bicyclic) bond motifs is 1. The summed E-state index contributed by atoms with van der Waals surface area (Å²) < 4.78 is 0. The fourth-order valence-corrected chi connectivity index (χ4v) is 2.91. The van der Waals surface area contributed by atoms with Crippen LogP contribution in [0.1, 0.15) is 48.2 Å². The summed E-state index contributed by atoms with van der Waals surface area (Å²) in [6, 6.07) is 8.67. The van der Waals surface area contributed by atoms with Crippen LogP contribution in [0.15, 0.2) is 30.6 Å². The average Bonchev–Trinajstić information content (AvgIpc) is 2.93. The third-order valence-corrected chi connectivity index (χ3v) is 3.82. The van der Waals surface area contributed by atoms with Gasteiger partial charge >= 0.3 is 0 Å². The number of nitrogens with two attached hydrogens (primary N) is 1. The Balaban J connectivity index is 1.78. The third kappa shape index (κ3) is 2.16. The van der Waals surface area contributed by atoms with Crippen LogP contribution < -0.4 is 5.73 Å². The lowest BCUT2D eigenvalue weighted by Gasteiger charge is -2.27. The predicted octanol–water partition coefficient (Wildman–Crippen LogP) is 2.31. The maximum absolute atomic E-state index is 6.19. The zero-order valence-electron chi connectivity index (χ0n) is 10.3. The number of aryl methyl sites for hydroxylation is 1. The first kappa shape index (κ1) is 11.4. The van der Waals surface area contributed by atoms with Crippen LogP contribution in [-0.4, -0.2) is 15.2 Å². The van der Waals surface area contributed by atoms with E-state index in [1.54, 1.807) is 0 Å². The van der Waals surface area contributed by atoms with Crippen molar-refractivity contribution in [1.82, 2.24) is 15.2 Å². The molecule has 18 heavy (non-hydrogen) atoms. The van der Waals surface area contributed by atoms with Gasteiger partial charge in [-0.15, -0.1) is 0 Å². The van der Waals surface area contributed by atoms with Crippen molar-refractivity contribution < 1.29 is 0 Å². The van der Waals surface area contributed by atoms with Crippen molar-refractivity contribution in [2.75, 3.05) is 0 Å². The standard InChI is InChI=1S/C14H18N4/c15-13(14-16-9-17-18-14)8-11-6-3-5-10-4-1-2-7-12(10)11/h1-2,4,7,9,11,13H,3,5-6,8,15H2,(H,16,17,18). The van der Waals surface area contributed by atoms with Gasteiger partial charge in [0.25, 0.3) is 0 Å². The lowest BCUT2D eigenvalue weighted by atomic mass is 9.79. The van der Waals surface area contributed by atoms with Crippen LogP contribution in [0.25, 0.3) is 0 Å². The van der Waals surface area contributed by atoms with Gasteiger partial charge in [0.05, 0.1) is 6.04 Å². The lowest BCUT2D eigenvalue weighted by Crippen LogP contribution is -2.19. The molecule has 3 rings (SSSR count). The van der Waals surface area contributed by atoms with Crippen LogP contribution in [0.4, 0.5) is 0 Å². The molecule has 1 aromatic carbocycles. The second-order valence-corrected chi connectivity index (χ2v) is 5.00. The van der Waals surface area contributed by atoms with Crippen molar-refractivity contribution in [3.63, 3.8) is 0 Å². The molecule has 2 aromatic rings. The van der Waals surface area contributed by atoms with Gasteiger partial charge < -0.3 is 5.73 Å². The number of benzene rings is 1. The highest BCUT2D eigenvalue weighted by Gasteiger charge is 2.23. The summed E-state index contributed by atoms with van der Waals surface area (Å²) in [5.74, 6) is 1.34. The van der Waals surface area contributed by atoms with Crippen LogP contribution >= 0.6 is 0 Å². The Kier molecular flexibility index (Phi) is 3.11. The summed E-state index contributed by atoms with van der Waals surface area (Å²) >= 11 is 0. The van der Waals surface area contributed by atoms with Gasteiger partial charge in [0.2, 0.25) is 0 Å². The minimum absolute atomic E-state index is 0.0522. The molecule has 0 aliphatic heterocycles. The molecule has 0 saturated carbocycles. The van der Waals surface area contributed by atoms with E-state index in [0.29, 0.717) is 5.92 Å². The van der Waals surface area contributed by atoms with Crippen molar-refractivity contribution >= 4 is 0 Å². The Morgan fingerprint density at radius 3 is 3.11 bits per heavy atom. The fourth-order valence-electron chi connectivity index (χ4n) is 2.91. The highest BCUT2D eigenvalue weighted by Crippen LogP contribution is 2.36. The first-order valence-electron chi connectivity index (χ1n) is 6.53. The monoisotopic (exact) mass is 242 g/mol. The Labute approximate surface area is 107 Å². The Morgan fingerprint density at radius 1 is 1.39 bits per heavy atom. The molecule has 4 nitrogen and oxygen atoms in total. The molecular formula is C14H18N4. The predicted molar refractivity (Wildman–Crippen MR) is 70.0 cm³/mol. The summed E-state index contributed by atoms with van der Waals surface area (Å²) in [5, 5.41) is 6.73. The Bertz CT molecular complexity index is 506. The molecule has 2 atom stereocenters. The minimum Gasteiger partial charge on any atom is -0.321 e. The van der Waals surface area contributed by atoms with E-state index in [-0.39, 0.29) is 6.04 Å². The summed E-state index contributed by atoms with van der Waals surface area (Å²) in [5.41, 5.74) is 9.15. The van der Waals surface area contributed by atoms with Crippen LogP contribution in [0.3, 0.4) is 0 Å². The normalized spacial score (nSPS) is 20.4. The van der Waals surface area contributed by atoms with E-state index in [1.165, 1.54) is 36.7 Å². The molecule has 0 saturated heterocycles. The highest BCUT2D eigenvalue weighted by atomic mass is 15.2. The number of aromatic amines is 1. The summed E-state index contributed by atoms with van der Waals surface area (Å²) in [6.07, 6.45) is 6.13. The maximum atomic E-state index is 6.19. The van der Waals surface area contributed by atoms with Crippen LogP contribution in [-0.2, 0) is 6.42 Å². The lowest BCUT2D eigenvalue weighted by molar-refractivity contribution is 0.466. The van der Waals surface area contributed by atoms with E-state index in [9.17, 15) is 0 Å². The maximum Gasteiger partial charge on any atom is 0.141 e. The average molecular weight is 242 g/mol. The van der Waals surface area contributed by atoms with E-state index >= 15 is 0 Å². The van der Waals surface area contributed by atoms with Gasteiger partial charge in [-0.1, -0.05) is 24.3 Å². The number of H-pyrrole nitrogens is 1. The number of nitrogens with zero attached hydrogens (tertiary/aromatic N) is 2. The van der Waals surface area contributed by atoms with Gasteiger partial charge in [-0.05, 0) is 42.7 Å². The zero-order valence-corrected chi connectivity index (χ0v) is 10.3. The molecule has 94 valence electrons. The van der Waals surface area contributed by atoms with Crippen molar-refractivity contribution in [2.45, 2.75) is 37.6 Å². The number of aromatic nitrogens is 3. The molecule has 1 aliphatic carbocycles. The summed E-state index contributed by atoms with van der Waals surface area (Å²) in [7, 11) is 0. The van der Waals surface area contributed by atoms with Crippen molar-refractivity contribution in [1.29, 1.82) is 0 Å². The molecule has 2 unspecified atom stereocenters. The van der Waals surface area contributed by atoms with E-state index in [1.807, 2.05) is 0 Å². The molecule has 0 bridgehead atoms. The zero-order chi connectivity index (χ0) is 12.4. The van der Waals surface area contributed by atoms with Crippen molar-refractivity contribution in [3.8, 4) is 0 Å². The van der Waals surface area contributed by atoms with Gasteiger partial charge in [-0.3, -0.25) is 5.10 Å². The first-order valence-corrected chi connectivity index (χ1v) is 6.53. The third-order valence-electron chi connectivity index (χ3n) is 3.82.